The second kappa shape index (κ2) is 49.3. The number of hydrogen-bond donors (Lipinski definition) is 6. The normalized spacial score (nSPS) is 11.4. The summed E-state index contributed by atoms with van der Waals surface area (Å²) in [4.78, 5) is 114. The van der Waals surface area contributed by atoms with Crippen LogP contribution in [0.1, 0.15) is 171 Å². The Morgan fingerprint density at radius 2 is 0.694 bits per heavy atom. The number of nitrogen functional groups attached to an aromatic ring is 1. The Morgan fingerprint density at radius 3 is 1.06 bits per heavy atom. The Hall–Kier alpha value is -16.2. The molecule has 13 aromatic rings. The predicted molar refractivity (Wildman–Crippen MR) is 515 cm³/mol. The first-order valence-electron chi connectivity index (χ1n) is 44.0. The molecule has 26 nitrogen and oxygen atoms in total. The minimum Gasteiger partial charge on any atom is -0.491 e. The molecule has 0 saturated carbocycles. The maximum absolute atomic E-state index is 13.6. The Bertz CT molecular complexity index is 6780. The zero-order valence-electron chi connectivity index (χ0n) is 78.4. The van der Waals surface area contributed by atoms with Crippen molar-refractivity contribution in [2.45, 2.75) is 149 Å². The molecule has 0 aliphatic rings. The molecule has 0 radical (unpaired) electrons. The van der Waals surface area contributed by atoms with Crippen LogP contribution in [0.25, 0.3) is 45.0 Å². The van der Waals surface area contributed by atoms with Crippen molar-refractivity contribution in [2.24, 2.45) is 0 Å². The van der Waals surface area contributed by atoms with Gasteiger partial charge in [-0.3, -0.25) is 68.9 Å². The number of halogens is 13. The third kappa shape index (κ3) is 33.5. The monoisotopic (exact) mass is 2010 g/mol. The number of anilines is 2. The summed E-state index contributed by atoms with van der Waals surface area (Å²) in [6.45, 7) is 16.2. The number of amides is 5. The van der Waals surface area contributed by atoms with E-state index in [1.165, 1.54) is 128 Å². The van der Waals surface area contributed by atoms with Crippen molar-refractivity contribution in [1.82, 2.24) is 41.2 Å². The van der Waals surface area contributed by atoms with Gasteiger partial charge in [0.15, 0.2) is 0 Å². The Labute approximate surface area is 821 Å². The summed E-state index contributed by atoms with van der Waals surface area (Å²) in [5, 5.41) is 35.9. The van der Waals surface area contributed by atoms with Crippen LogP contribution in [0, 0.1) is 26.0 Å². The van der Waals surface area contributed by atoms with Crippen molar-refractivity contribution in [3.05, 3.63) is 371 Å². The van der Waals surface area contributed by atoms with Crippen molar-refractivity contribution >= 4 is 70.0 Å². The number of carbonyl (C=O) groups excluding carboxylic acids is 6. The second-order valence-corrected chi connectivity index (χ2v) is 34.7. The average Bonchev–Trinajstić information content (AvgIpc) is 0.826. The van der Waals surface area contributed by atoms with Gasteiger partial charge in [-0.05, 0) is 260 Å². The van der Waals surface area contributed by atoms with Crippen molar-refractivity contribution in [3.63, 3.8) is 0 Å². The molecule has 7 N–H and O–H groups in total. The smallest absolute Gasteiger partial charge is 0.416 e. The van der Waals surface area contributed by atoms with E-state index in [2.05, 4.69) is 46.5 Å². The fourth-order valence-electron chi connectivity index (χ4n) is 13.6. The summed E-state index contributed by atoms with van der Waals surface area (Å²) in [5.74, 6) is -0.722. The summed E-state index contributed by atoms with van der Waals surface area (Å²) < 4.78 is 191. The number of aromatic nitrogens is 4. The molecule has 0 unspecified atom stereocenters. The topological polar surface area (TPSA) is 363 Å². The van der Waals surface area contributed by atoms with E-state index in [0.717, 1.165) is 72.3 Å². The summed E-state index contributed by atoms with van der Waals surface area (Å²) >= 11 is 1.57. The molecular formula is C104H95F13N12O14S. The summed E-state index contributed by atoms with van der Waals surface area (Å²) in [5.41, 5.74) is 8.15. The Kier molecular flexibility index (Phi) is 37.6. The molecule has 0 spiro atoms. The molecule has 0 fully saturated rings. The maximum Gasteiger partial charge on any atom is 0.416 e. The minimum atomic E-state index is -4.50. The predicted octanol–water partition coefficient (Wildman–Crippen LogP) is 23.9. The second-order valence-electron chi connectivity index (χ2n) is 33.6. The largest absolute Gasteiger partial charge is 0.491 e. The standard InChI is InChI=1S/C38H40F3N3O5S.C23H20F3N3O4.C23H22F3N3O2.C20H13F4N3O3/c1-24(2)48-30-12-13-32(44-36(47)27-10-6-9-26(18-27)23-50-17-15-34(45)49-37(3,4)5)31(21-30)33-20-28(14-16-42-33)35(46)43-22-25-8-7-11-29(19-25)38(39,40)41;1-14(2)33-18-6-7-21(29(31)32)19(12-18)20-11-16(8-9-27-20)22(30)28-13-15-4-3-5-17(10-15)23(24,25)26;1-14(2)31-18-6-7-20(27)19(12-18)21-11-16(8-9-28-21)22(30)29-13-15-4-3-5-17(10-15)23(24,25)26;21-15-4-5-18(27(29)30)16(10-15)17-9-13(6-7-25-17)19(28)26-11-12-2-1-3-14(8-12)20(22,23)24/h6-14,16,18-21,24H,15,17,22-23H2,1-5H3,(H,43,46)(H,44,47);3-12,14H,13H2,1-2H3,(H,28,30);3-12,14H,13,27H2,1-2H3,(H,29,30);1-10H,11H2,(H,26,28). The van der Waals surface area contributed by atoms with Crippen molar-refractivity contribution in [2.75, 3.05) is 16.8 Å². The molecule has 13 rings (SSSR count). The van der Waals surface area contributed by atoms with Gasteiger partial charge < -0.3 is 51.3 Å². The number of alkyl halides is 12. The van der Waals surface area contributed by atoms with Gasteiger partial charge in [0, 0.05) is 119 Å². The number of nitrogens with zero attached hydrogens (tertiary/aromatic N) is 6. The van der Waals surface area contributed by atoms with Crippen LogP contribution in [0.15, 0.2) is 267 Å². The lowest BCUT2D eigenvalue weighted by Crippen LogP contribution is -2.24. The zero-order valence-corrected chi connectivity index (χ0v) is 79.2. The van der Waals surface area contributed by atoms with Crippen LogP contribution in [-0.4, -0.2) is 95.0 Å². The Morgan fingerprint density at radius 1 is 0.375 bits per heavy atom. The van der Waals surface area contributed by atoms with Gasteiger partial charge in [-0.2, -0.15) is 64.4 Å². The van der Waals surface area contributed by atoms with Crippen molar-refractivity contribution in [3.8, 4) is 62.3 Å². The van der Waals surface area contributed by atoms with Crippen LogP contribution in [0.4, 0.5) is 79.8 Å². The van der Waals surface area contributed by atoms with E-state index in [-0.39, 0.29) is 124 Å². The summed E-state index contributed by atoms with van der Waals surface area (Å²) in [6, 6.07) is 54.9. The first-order chi connectivity index (χ1) is 67.9. The molecule has 0 saturated heterocycles. The molecule has 752 valence electrons. The Balaban J connectivity index is 0.000000202. The molecule has 0 aliphatic heterocycles. The maximum atomic E-state index is 13.6. The number of nitrogens with two attached hydrogens (primary N) is 1. The van der Waals surface area contributed by atoms with Crippen LogP contribution in [-0.2, 0) is 66.2 Å². The molecule has 5 amide bonds. The van der Waals surface area contributed by atoms with E-state index in [0.29, 0.717) is 84.9 Å². The number of rotatable bonds is 31. The number of nitro benzene ring substituents is 2. The highest BCUT2D eigenvalue weighted by molar-refractivity contribution is 7.98. The molecule has 0 bridgehead atoms. The van der Waals surface area contributed by atoms with Crippen LogP contribution in [0.2, 0.25) is 0 Å². The molecule has 9 aromatic carbocycles. The highest BCUT2D eigenvalue weighted by Gasteiger charge is 2.35. The fourth-order valence-corrected chi connectivity index (χ4v) is 14.4. The number of carbonyl (C=O) groups is 6. The number of pyridine rings is 4. The highest BCUT2D eigenvalue weighted by atomic mass is 32.2. The number of benzene rings is 9. The van der Waals surface area contributed by atoms with Gasteiger partial charge in [-0.25, -0.2) is 4.39 Å². The van der Waals surface area contributed by atoms with E-state index in [9.17, 15) is 106 Å². The summed E-state index contributed by atoms with van der Waals surface area (Å²) in [7, 11) is 0. The van der Waals surface area contributed by atoms with Crippen LogP contribution in [0.3, 0.4) is 0 Å². The first-order valence-corrected chi connectivity index (χ1v) is 45.1. The first kappa shape index (κ1) is 110. The number of nitro groups is 2. The zero-order chi connectivity index (χ0) is 105. The SMILES string of the molecule is CC(C)Oc1ccc(N)c(-c2cc(C(=O)NCc3cccc(C(F)(F)F)c3)ccn2)c1.CC(C)Oc1ccc(NC(=O)c2cccc(CSCCC(=O)OC(C)(C)C)c2)c(-c2cc(C(=O)NCc3cccc(C(F)(F)F)c3)ccn2)c1.CC(C)Oc1ccc([N+](=O)[O-])c(-c2cc(C(=O)NCc3cccc(C(F)(F)F)c3)ccn2)c1.O=C(NCc1cccc(C(F)(F)F)c1)c1ccnc(-c2cc(F)ccc2[N+](=O)[O-])c1. The van der Waals surface area contributed by atoms with Gasteiger partial charge >= 0.3 is 30.7 Å². The lowest BCUT2D eigenvalue weighted by molar-refractivity contribution is -0.384. The minimum absolute atomic E-state index is 0.00733. The number of esters is 1. The van der Waals surface area contributed by atoms with Gasteiger partial charge in [-0.1, -0.05) is 60.7 Å². The number of hydrogen-bond acceptors (Lipinski definition) is 20. The van der Waals surface area contributed by atoms with Gasteiger partial charge in [0.2, 0.25) is 0 Å². The van der Waals surface area contributed by atoms with Crippen LogP contribution in [0.5, 0.6) is 17.2 Å². The summed E-state index contributed by atoms with van der Waals surface area (Å²) in [6.07, 6.45) is -12.5. The van der Waals surface area contributed by atoms with Gasteiger partial charge in [0.25, 0.3) is 40.9 Å². The van der Waals surface area contributed by atoms with E-state index in [1.807, 2.05) is 68.4 Å². The number of nitrogens with one attached hydrogen (secondary N) is 5. The van der Waals surface area contributed by atoms with E-state index in [4.69, 9.17) is 24.7 Å². The average molecular weight is 2020 g/mol. The molecule has 0 aliphatic carbocycles. The van der Waals surface area contributed by atoms with Crippen molar-refractivity contribution < 1.29 is 115 Å². The molecule has 0 atom stereocenters. The molecule has 4 aromatic heterocycles. The molecule has 40 heteroatoms. The van der Waals surface area contributed by atoms with Crippen LogP contribution < -0.4 is 46.5 Å². The van der Waals surface area contributed by atoms with E-state index < -0.39 is 91.9 Å². The number of thioether (sulfide) groups is 1. The lowest BCUT2D eigenvalue weighted by Gasteiger charge is -2.19. The lowest BCUT2D eigenvalue weighted by atomic mass is 10.0. The van der Waals surface area contributed by atoms with Crippen LogP contribution >= 0.6 is 11.8 Å². The van der Waals surface area contributed by atoms with Gasteiger partial charge in [0.05, 0.1) is 96.4 Å². The van der Waals surface area contributed by atoms with Gasteiger partial charge in [-0.15, -0.1) is 0 Å². The van der Waals surface area contributed by atoms with Crippen molar-refractivity contribution in [1.29, 1.82) is 0 Å². The van der Waals surface area contributed by atoms with E-state index in [1.54, 1.807) is 78.5 Å². The number of ether oxygens (including phenoxy) is 4. The van der Waals surface area contributed by atoms with Gasteiger partial charge in [0.1, 0.15) is 28.7 Å². The third-order valence-electron chi connectivity index (χ3n) is 20.0. The van der Waals surface area contributed by atoms with E-state index >= 15 is 0 Å². The molecule has 4 heterocycles. The quantitative estimate of drug-likeness (QED) is 0.00587. The third-order valence-corrected chi connectivity index (χ3v) is 21.1. The fraction of sp³-hybridized carbons (Fsp3) is 0.231. The molecule has 144 heavy (non-hydrogen) atoms. The molecular weight excluding hydrogens is 1920 g/mol. The highest BCUT2D eigenvalue weighted by Crippen LogP contribution is 2.40.